The monoisotopic (exact) mass is 293 g/mol. The molecule has 2 N–H and O–H groups in total. The number of anilines is 1. The van der Waals surface area contributed by atoms with Crippen molar-refractivity contribution in [3.05, 3.63) is 62.6 Å². The van der Waals surface area contributed by atoms with Crippen LogP contribution in [-0.4, -0.2) is 5.78 Å². The summed E-state index contributed by atoms with van der Waals surface area (Å²) in [6, 6.07) is 8.38. The molecule has 0 spiro atoms. The molecule has 0 radical (unpaired) electrons. The molecule has 0 aromatic heterocycles. The summed E-state index contributed by atoms with van der Waals surface area (Å²) in [5, 5.41) is 0.835. The summed E-state index contributed by atoms with van der Waals surface area (Å²) in [5.41, 5.74) is 9.24. The first-order valence-electron chi connectivity index (χ1n) is 5.76. The molecular formula is C15H13Cl2NO. The number of hydrogen-bond donors (Lipinski definition) is 1. The lowest BCUT2D eigenvalue weighted by Gasteiger charge is -2.10. The van der Waals surface area contributed by atoms with Crippen molar-refractivity contribution in [1.29, 1.82) is 0 Å². The summed E-state index contributed by atoms with van der Waals surface area (Å²) < 4.78 is 0. The summed E-state index contributed by atoms with van der Waals surface area (Å²) in [6.07, 6.45) is 0. The van der Waals surface area contributed by atoms with Gasteiger partial charge in [-0.2, -0.15) is 0 Å². The van der Waals surface area contributed by atoms with Crippen molar-refractivity contribution in [2.24, 2.45) is 0 Å². The number of hydrogen-bond acceptors (Lipinski definition) is 2. The molecule has 0 aliphatic rings. The number of benzene rings is 2. The van der Waals surface area contributed by atoms with Gasteiger partial charge in [-0.3, -0.25) is 4.79 Å². The van der Waals surface area contributed by atoms with Gasteiger partial charge in [0, 0.05) is 21.8 Å². The van der Waals surface area contributed by atoms with E-state index in [0.717, 1.165) is 11.1 Å². The second kappa shape index (κ2) is 5.24. The number of carbonyl (C=O) groups excluding carboxylic acids is 1. The fourth-order valence-electron chi connectivity index (χ4n) is 1.85. The third-order valence-electron chi connectivity index (χ3n) is 3.08. The maximum Gasteiger partial charge on any atom is 0.196 e. The van der Waals surface area contributed by atoms with Crippen LogP contribution in [0.5, 0.6) is 0 Å². The van der Waals surface area contributed by atoms with E-state index < -0.39 is 0 Å². The summed E-state index contributed by atoms with van der Waals surface area (Å²) in [7, 11) is 0. The van der Waals surface area contributed by atoms with Crippen LogP contribution in [-0.2, 0) is 0 Å². The highest BCUT2D eigenvalue weighted by atomic mass is 35.5. The van der Waals surface area contributed by atoms with E-state index in [9.17, 15) is 4.79 Å². The molecular weight excluding hydrogens is 281 g/mol. The van der Waals surface area contributed by atoms with Gasteiger partial charge in [0.25, 0.3) is 0 Å². The van der Waals surface area contributed by atoms with E-state index in [4.69, 9.17) is 28.9 Å². The van der Waals surface area contributed by atoms with Crippen LogP contribution in [0.1, 0.15) is 27.0 Å². The van der Waals surface area contributed by atoms with Gasteiger partial charge in [-0.15, -0.1) is 0 Å². The maximum absolute atomic E-state index is 12.5. The molecule has 0 unspecified atom stereocenters. The van der Waals surface area contributed by atoms with Gasteiger partial charge >= 0.3 is 0 Å². The molecule has 0 bridgehead atoms. The molecule has 0 aliphatic carbocycles. The van der Waals surface area contributed by atoms with Crippen LogP contribution >= 0.6 is 23.2 Å². The molecule has 0 saturated carbocycles. The molecule has 0 saturated heterocycles. The summed E-state index contributed by atoms with van der Waals surface area (Å²) in [6.45, 7) is 3.89. The number of halogens is 2. The Morgan fingerprint density at radius 2 is 1.63 bits per heavy atom. The highest BCUT2D eigenvalue weighted by molar-refractivity contribution is 6.37. The molecule has 2 nitrogen and oxygen atoms in total. The first kappa shape index (κ1) is 13.9. The zero-order valence-electron chi connectivity index (χ0n) is 10.6. The van der Waals surface area contributed by atoms with Crippen LogP contribution in [0.15, 0.2) is 30.3 Å². The molecule has 2 rings (SSSR count). The zero-order valence-corrected chi connectivity index (χ0v) is 12.1. The van der Waals surface area contributed by atoms with Crippen molar-refractivity contribution in [3.63, 3.8) is 0 Å². The summed E-state index contributed by atoms with van der Waals surface area (Å²) in [5.74, 6) is -0.215. The zero-order chi connectivity index (χ0) is 14.2. The van der Waals surface area contributed by atoms with Gasteiger partial charge in [0.05, 0.1) is 5.02 Å². The molecule has 0 aliphatic heterocycles. The van der Waals surface area contributed by atoms with E-state index in [-0.39, 0.29) is 5.78 Å². The van der Waals surface area contributed by atoms with Crippen molar-refractivity contribution in [1.82, 2.24) is 0 Å². The standard InChI is InChI=1S/C15H13Cl2NO/c1-8-5-12(14(18)6-9(8)2)15(19)11-7-10(16)3-4-13(11)17/h3-7H,18H2,1-2H3. The first-order chi connectivity index (χ1) is 8.90. The Hall–Kier alpha value is -1.51. The molecule has 0 fully saturated rings. The Balaban J connectivity index is 2.56. The van der Waals surface area contributed by atoms with Crippen molar-refractivity contribution in [2.75, 3.05) is 5.73 Å². The van der Waals surface area contributed by atoms with Crippen molar-refractivity contribution >= 4 is 34.7 Å². The fraction of sp³-hybridized carbons (Fsp3) is 0.133. The second-order valence-corrected chi connectivity index (χ2v) is 5.32. The van der Waals surface area contributed by atoms with E-state index in [1.807, 2.05) is 13.8 Å². The second-order valence-electron chi connectivity index (χ2n) is 4.48. The van der Waals surface area contributed by atoms with Crippen LogP contribution in [0.25, 0.3) is 0 Å². The lowest BCUT2D eigenvalue weighted by atomic mass is 9.97. The Morgan fingerprint density at radius 1 is 1.00 bits per heavy atom. The maximum atomic E-state index is 12.5. The first-order valence-corrected chi connectivity index (χ1v) is 6.52. The van der Waals surface area contributed by atoms with Gasteiger partial charge < -0.3 is 5.73 Å². The number of nitrogen functional groups attached to an aromatic ring is 1. The van der Waals surface area contributed by atoms with E-state index >= 15 is 0 Å². The number of nitrogens with two attached hydrogens (primary N) is 1. The molecule has 2 aromatic carbocycles. The molecule has 98 valence electrons. The van der Waals surface area contributed by atoms with E-state index in [1.165, 1.54) is 0 Å². The van der Waals surface area contributed by atoms with E-state index in [2.05, 4.69) is 0 Å². The van der Waals surface area contributed by atoms with Gasteiger partial charge in [-0.1, -0.05) is 23.2 Å². The minimum atomic E-state index is -0.215. The van der Waals surface area contributed by atoms with Gasteiger partial charge in [-0.25, -0.2) is 0 Å². The summed E-state index contributed by atoms with van der Waals surface area (Å²) in [4.78, 5) is 12.5. The third kappa shape index (κ3) is 2.75. The van der Waals surface area contributed by atoms with Gasteiger partial charge in [0.2, 0.25) is 0 Å². The van der Waals surface area contributed by atoms with Crippen LogP contribution in [0.3, 0.4) is 0 Å². The van der Waals surface area contributed by atoms with E-state index in [1.54, 1.807) is 30.3 Å². The molecule has 2 aromatic rings. The van der Waals surface area contributed by atoms with Gasteiger partial charge in [-0.05, 0) is 55.3 Å². The number of rotatable bonds is 2. The van der Waals surface area contributed by atoms with Crippen molar-refractivity contribution in [2.45, 2.75) is 13.8 Å². The van der Waals surface area contributed by atoms with Crippen LogP contribution in [0.4, 0.5) is 5.69 Å². The molecule has 4 heteroatoms. The normalized spacial score (nSPS) is 10.5. The predicted molar refractivity (Wildman–Crippen MR) is 80.2 cm³/mol. The smallest absolute Gasteiger partial charge is 0.196 e. The van der Waals surface area contributed by atoms with E-state index in [0.29, 0.717) is 26.9 Å². The Kier molecular flexibility index (Phi) is 3.83. The fourth-order valence-corrected chi connectivity index (χ4v) is 2.23. The van der Waals surface area contributed by atoms with Crippen LogP contribution in [0, 0.1) is 13.8 Å². The highest BCUT2D eigenvalue weighted by Gasteiger charge is 2.16. The molecule has 0 amide bonds. The van der Waals surface area contributed by atoms with Gasteiger partial charge in [0.15, 0.2) is 5.78 Å². The minimum Gasteiger partial charge on any atom is -0.398 e. The number of carbonyl (C=O) groups is 1. The predicted octanol–water partition coefficient (Wildman–Crippen LogP) is 4.42. The molecule has 0 heterocycles. The van der Waals surface area contributed by atoms with Crippen LogP contribution < -0.4 is 5.73 Å². The van der Waals surface area contributed by atoms with Crippen molar-refractivity contribution in [3.8, 4) is 0 Å². The molecule has 0 atom stereocenters. The average molecular weight is 294 g/mol. The lowest BCUT2D eigenvalue weighted by molar-refractivity contribution is 0.103. The van der Waals surface area contributed by atoms with Crippen molar-refractivity contribution < 1.29 is 4.79 Å². The lowest BCUT2D eigenvalue weighted by Crippen LogP contribution is -2.07. The Bertz CT molecular complexity index is 665. The third-order valence-corrected chi connectivity index (χ3v) is 3.65. The minimum absolute atomic E-state index is 0.215. The molecule has 19 heavy (non-hydrogen) atoms. The highest BCUT2D eigenvalue weighted by Crippen LogP contribution is 2.26. The quantitative estimate of drug-likeness (QED) is 0.658. The topological polar surface area (TPSA) is 43.1 Å². The Morgan fingerprint density at radius 3 is 2.32 bits per heavy atom. The SMILES string of the molecule is Cc1cc(N)c(C(=O)c2cc(Cl)ccc2Cl)cc1C. The van der Waals surface area contributed by atoms with Crippen LogP contribution in [0.2, 0.25) is 10.0 Å². The van der Waals surface area contributed by atoms with Gasteiger partial charge in [0.1, 0.15) is 0 Å². The average Bonchev–Trinajstić information content (AvgIpc) is 2.36. The largest absolute Gasteiger partial charge is 0.398 e. The Labute approximate surface area is 122 Å². The number of ketones is 1. The summed E-state index contributed by atoms with van der Waals surface area (Å²) >= 11 is 11.9. The number of aryl methyl sites for hydroxylation is 2.